The van der Waals surface area contributed by atoms with Crippen LogP contribution in [0.5, 0.6) is 0 Å². The molecule has 19 heavy (non-hydrogen) atoms. The second-order valence-electron chi connectivity index (χ2n) is 3.99. The van der Waals surface area contributed by atoms with Crippen LogP contribution in [0.3, 0.4) is 0 Å². The number of hydrogen-bond acceptors (Lipinski definition) is 2. The van der Waals surface area contributed by atoms with Crippen LogP contribution in [0, 0.1) is 6.07 Å². The van der Waals surface area contributed by atoms with Crippen LogP contribution in [0.1, 0.15) is 5.56 Å². The highest BCUT2D eigenvalue weighted by atomic mass is 32.1. The highest BCUT2D eigenvalue weighted by Crippen LogP contribution is 2.33. The summed E-state index contributed by atoms with van der Waals surface area (Å²) in [7, 11) is 0. The van der Waals surface area contributed by atoms with E-state index in [1.807, 2.05) is 6.07 Å². The molecule has 0 aliphatic carbocycles. The largest absolute Gasteiger partial charge is 0.416 e. The fourth-order valence-electron chi connectivity index (χ4n) is 1.74. The third kappa shape index (κ3) is 2.33. The lowest BCUT2D eigenvalue weighted by Crippen LogP contribution is -2.03. The number of alkyl halides is 3. The van der Waals surface area contributed by atoms with Gasteiger partial charge in [0, 0.05) is 5.56 Å². The third-order valence-corrected chi connectivity index (χ3v) is 3.78. The molecule has 0 saturated heterocycles. The van der Waals surface area contributed by atoms with Gasteiger partial charge in [0.2, 0.25) is 0 Å². The zero-order chi connectivity index (χ0) is 13.5. The Hall–Kier alpha value is -1.88. The minimum atomic E-state index is -4.30. The average Bonchev–Trinajstić information content (AvgIpc) is 2.81. The first-order valence-corrected chi connectivity index (χ1v) is 6.30. The molecule has 0 bridgehead atoms. The van der Waals surface area contributed by atoms with Crippen LogP contribution in [-0.2, 0) is 6.18 Å². The summed E-state index contributed by atoms with van der Waals surface area (Å²) in [6.45, 7) is 0. The Balaban J connectivity index is 2.02. The third-order valence-electron chi connectivity index (χ3n) is 2.69. The summed E-state index contributed by atoms with van der Waals surface area (Å²) in [6, 6.07) is 13.4. The van der Waals surface area contributed by atoms with E-state index in [9.17, 15) is 13.2 Å². The van der Waals surface area contributed by atoms with E-state index >= 15 is 0 Å². The van der Waals surface area contributed by atoms with Gasteiger partial charge in [-0.1, -0.05) is 18.2 Å². The fourth-order valence-corrected chi connectivity index (χ4v) is 2.69. The van der Waals surface area contributed by atoms with E-state index < -0.39 is 11.7 Å². The monoisotopic (exact) mass is 278 g/mol. The quantitative estimate of drug-likeness (QED) is 0.624. The topological polar surface area (TPSA) is 12.9 Å². The summed E-state index contributed by atoms with van der Waals surface area (Å²) < 4.78 is 38.4. The second-order valence-corrected chi connectivity index (χ2v) is 5.02. The Bertz CT molecular complexity index is 680. The second kappa shape index (κ2) is 4.35. The van der Waals surface area contributed by atoms with Gasteiger partial charge in [0.15, 0.2) is 0 Å². The van der Waals surface area contributed by atoms with Gasteiger partial charge >= 0.3 is 6.18 Å². The lowest BCUT2D eigenvalue weighted by molar-refractivity contribution is -0.137. The highest BCUT2D eigenvalue weighted by Gasteiger charge is 2.30. The van der Waals surface area contributed by atoms with Gasteiger partial charge in [-0.15, -0.1) is 11.3 Å². The van der Waals surface area contributed by atoms with Crippen molar-refractivity contribution >= 4 is 21.6 Å². The molecule has 1 aromatic heterocycles. The maximum atomic E-state index is 12.5. The molecular formula is C14H7F3NS. The van der Waals surface area contributed by atoms with Crippen molar-refractivity contribution in [3.8, 4) is 10.6 Å². The normalized spacial score (nSPS) is 11.9. The Kier molecular flexibility index (Phi) is 2.78. The standard InChI is InChI=1S/C14H7F3NS/c15-14(16,17)10-7-5-9(6-8-10)13-18-11-3-1-2-4-12(11)19-13/h2-8H. The molecule has 0 spiro atoms. The van der Waals surface area contributed by atoms with Crippen molar-refractivity contribution in [2.24, 2.45) is 0 Å². The number of thiazole rings is 1. The van der Waals surface area contributed by atoms with E-state index in [1.165, 1.54) is 23.5 Å². The molecule has 1 radical (unpaired) electrons. The summed E-state index contributed by atoms with van der Waals surface area (Å²) in [5.41, 5.74) is 0.849. The smallest absolute Gasteiger partial charge is 0.236 e. The van der Waals surface area contributed by atoms with Gasteiger partial charge in [0.1, 0.15) is 5.01 Å². The molecule has 0 unspecified atom stereocenters. The van der Waals surface area contributed by atoms with Crippen LogP contribution in [0.25, 0.3) is 20.8 Å². The maximum Gasteiger partial charge on any atom is 0.416 e. The summed E-state index contributed by atoms with van der Waals surface area (Å²) in [4.78, 5) is 4.38. The lowest BCUT2D eigenvalue weighted by atomic mass is 10.1. The van der Waals surface area contributed by atoms with Crippen LogP contribution in [0.2, 0.25) is 0 Å². The molecule has 0 fully saturated rings. The van der Waals surface area contributed by atoms with Crippen molar-refractivity contribution in [2.75, 3.05) is 0 Å². The predicted molar refractivity (Wildman–Crippen MR) is 68.9 cm³/mol. The van der Waals surface area contributed by atoms with Crippen molar-refractivity contribution in [3.63, 3.8) is 0 Å². The molecule has 5 heteroatoms. The first kappa shape index (κ1) is 12.2. The molecule has 1 nitrogen and oxygen atoms in total. The number of aromatic nitrogens is 1. The van der Waals surface area contributed by atoms with Gasteiger partial charge in [-0.05, 0) is 30.3 Å². The van der Waals surface area contributed by atoms with E-state index in [2.05, 4.69) is 11.1 Å². The van der Waals surface area contributed by atoms with Crippen LogP contribution >= 0.6 is 11.3 Å². The van der Waals surface area contributed by atoms with Crippen LogP contribution in [0.15, 0.2) is 42.5 Å². The van der Waals surface area contributed by atoms with Crippen LogP contribution < -0.4 is 0 Å². The molecule has 0 amide bonds. The summed E-state index contributed by atoms with van der Waals surface area (Å²) in [5.74, 6) is 0. The fraction of sp³-hybridized carbons (Fsp3) is 0.0714. The van der Waals surface area contributed by atoms with Crippen molar-refractivity contribution in [1.82, 2.24) is 4.98 Å². The van der Waals surface area contributed by atoms with Crippen molar-refractivity contribution < 1.29 is 13.2 Å². The van der Waals surface area contributed by atoms with E-state index in [0.717, 1.165) is 22.3 Å². The molecule has 2 aromatic carbocycles. The van der Waals surface area contributed by atoms with Crippen molar-refractivity contribution in [1.29, 1.82) is 0 Å². The molecule has 0 saturated carbocycles. The van der Waals surface area contributed by atoms with E-state index in [1.54, 1.807) is 12.1 Å². The van der Waals surface area contributed by atoms with Crippen molar-refractivity contribution in [3.05, 3.63) is 54.1 Å². The van der Waals surface area contributed by atoms with Gasteiger partial charge in [0.25, 0.3) is 0 Å². The predicted octanol–water partition coefficient (Wildman–Crippen LogP) is 4.78. The van der Waals surface area contributed by atoms with Crippen LogP contribution in [-0.4, -0.2) is 4.98 Å². The number of fused-ring (bicyclic) bond motifs is 1. The Morgan fingerprint density at radius 3 is 2.42 bits per heavy atom. The van der Waals surface area contributed by atoms with E-state index in [-0.39, 0.29) is 0 Å². The molecule has 0 aliphatic heterocycles. The Morgan fingerprint density at radius 1 is 1.05 bits per heavy atom. The van der Waals surface area contributed by atoms with Crippen LogP contribution in [0.4, 0.5) is 13.2 Å². The number of hydrogen-bond donors (Lipinski definition) is 0. The zero-order valence-corrected chi connectivity index (χ0v) is 10.3. The highest BCUT2D eigenvalue weighted by molar-refractivity contribution is 7.21. The number of halogens is 3. The molecule has 0 atom stereocenters. The lowest BCUT2D eigenvalue weighted by Gasteiger charge is -2.06. The molecule has 95 valence electrons. The molecule has 0 aliphatic rings. The number of rotatable bonds is 1. The molecule has 1 heterocycles. The molecule has 0 N–H and O–H groups in total. The van der Waals surface area contributed by atoms with E-state index in [4.69, 9.17) is 0 Å². The molecule has 3 rings (SSSR count). The SMILES string of the molecule is FC(F)(F)c1ccc(-c2nc3c[c]ccc3s2)cc1. The number of nitrogens with zero attached hydrogens (tertiary/aromatic N) is 1. The first-order chi connectivity index (χ1) is 9.04. The minimum absolute atomic E-state index is 0.648. The molecule has 3 aromatic rings. The van der Waals surface area contributed by atoms with Gasteiger partial charge in [0.05, 0.1) is 15.8 Å². The van der Waals surface area contributed by atoms with Gasteiger partial charge < -0.3 is 0 Å². The number of benzene rings is 2. The van der Waals surface area contributed by atoms with Gasteiger partial charge in [-0.2, -0.15) is 13.2 Å². The Labute approximate surface area is 111 Å². The molecular weight excluding hydrogens is 271 g/mol. The van der Waals surface area contributed by atoms with Gasteiger partial charge in [-0.3, -0.25) is 0 Å². The first-order valence-electron chi connectivity index (χ1n) is 5.48. The van der Waals surface area contributed by atoms with Crippen molar-refractivity contribution in [2.45, 2.75) is 6.18 Å². The summed E-state index contributed by atoms with van der Waals surface area (Å²) in [6.07, 6.45) is -4.30. The maximum absolute atomic E-state index is 12.5. The minimum Gasteiger partial charge on any atom is -0.236 e. The van der Waals surface area contributed by atoms with E-state index in [0.29, 0.717) is 10.6 Å². The summed E-state index contributed by atoms with van der Waals surface area (Å²) in [5, 5.41) is 0.711. The summed E-state index contributed by atoms with van der Waals surface area (Å²) >= 11 is 1.45. The Morgan fingerprint density at radius 2 is 1.79 bits per heavy atom. The average molecular weight is 278 g/mol. The zero-order valence-electron chi connectivity index (χ0n) is 9.53. The van der Waals surface area contributed by atoms with Gasteiger partial charge in [-0.25, -0.2) is 4.98 Å².